The average molecular weight is 290 g/mol. The Bertz CT molecular complexity index is 481. The van der Waals surface area contributed by atoms with E-state index in [1.54, 1.807) is 0 Å². The van der Waals surface area contributed by atoms with Crippen molar-refractivity contribution in [2.45, 2.75) is 50.9 Å². The van der Waals surface area contributed by atoms with Gasteiger partial charge >= 0.3 is 0 Å². The van der Waals surface area contributed by atoms with Crippen LogP contribution in [0.2, 0.25) is 5.15 Å². The number of halogens is 3. The van der Waals surface area contributed by atoms with Crippen molar-refractivity contribution in [1.82, 2.24) is 10.2 Å². The Balaban J connectivity index is 2.46. The third-order valence-electron chi connectivity index (χ3n) is 4.27. The van der Waals surface area contributed by atoms with E-state index in [-0.39, 0.29) is 12.8 Å². The lowest BCUT2D eigenvalue weighted by Gasteiger charge is -2.40. The van der Waals surface area contributed by atoms with Gasteiger partial charge in [-0.05, 0) is 32.3 Å². The maximum absolute atomic E-state index is 13.4. The predicted octanol–water partition coefficient (Wildman–Crippen LogP) is 3.15. The lowest BCUT2D eigenvalue weighted by Crippen LogP contribution is -2.43. The van der Waals surface area contributed by atoms with Gasteiger partial charge in [0.15, 0.2) is 5.15 Å². The van der Waals surface area contributed by atoms with E-state index < -0.39 is 11.3 Å². The molecule has 0 atom stereocenters. The number of nitrogens with zero attached hydrogens (tertiary/aromatic N) is 2. The summed E-state index contributed by atoms with van der Waals surface area (Å²) in [5.41, 5.74) is 7.88. The SMILES string of the molecule is Cc1nnc(Cl)c(C2(CN)CCC(F)(F)CC2)c1C. The fourth-order valence-corrected chi connectivity index (χ4v) is 3.23. The van der Waals surface area contributed by atoms with Crippen molar-refractivity contribution in [3.63, 3.8) is 0 Å². The van der Waals surface area contributed by atoms with Crippen LogP contribution in [0.4, 0.5) is 8.78 Å². The first kappa shape index (κ1) is 14.6. The summed E-state index contributed by atoms with van der Waals surface area (Å²) < 4.78 is 26.8. The van der Waals surface area contributed by atoms with Crippen LogP contribution in [0.1, 0.15) is 42.5 Å². The smallest absolute Gasteiger partial charge is 0.248 e. The summed E-state index contributed by atoms with van der Waals surface area (Å²) in [5.74, 6) is -2.59. The second kappa shape index (κ2) is 4.94. The molecule has 6 heteroatoms. The standard InChI is InChI=1S/C13H18ClF2N3/c1-8-9(2)18-19-11(14)10(8)12(7-17)3-5-13(15,16)6-4-12/h3-7,17H2,1-2H3. The topological polar surface area (TPSA) is 51.8 Å². The molecule has 1 aromatic heterocycles. The Morgan fingerprint density at radius 1 is 1.16 bits per heavy atom. The molecule has 1 heterocycles. The quantitative estimate of drug-likeness (QED) is 0.910. The molecule has 0 bridgehead atoms. The first-order chi connectivity index (χ1) is 8.81. The highest BCUT2D eigenvalue weighted by Gasteiger charge is 2.45. The van der Waals surface area contributed by atoms with Crippen molar-refractivity contribution >= 4 is 11.6 Å². The maximum Gasteiger partial charge on any atom is 0.248 e. The molecular formula is C13H18ClF2N3. The molecular weight excluding hydrogens is 272 g/mol. The summed E-state index contributed by atoms with van der Waals surface area (Å²) in [6, 6.07) is 0. The van der Waals surface area contributed by atoms with Gasteiger partial charge in [0.05, 0.1) is 5.69 Å². The van der Waals surface area contributed by atoms with Gasteiger partial charge in [-0.2, -0.15) is 5.10 Å². The van der Waals surface area contributed by atoms with E-state index in [2.05, 4.69) is 10.2 Å². The lowest BCUT2D eigenvalue weighted by atomic mass is 9.67. The van der Waals surface area contributed by atoms with Crippen molar-refractivity contribution < 1.29 is 8.78 Å². The number of alkyl halides is 2. The van der Waals surface area contributed by atoms with Crippen LogP contribution in [0, 0.1) is 13.8 Å². The molecule has 1 saturated carbocycles. The molecule has 1 aromatic rings. The zero-order chi connectivity index (χ0) is 14.3. The van der Waals surface area contributed by atoms with Crippen LogP contribution in [-0.4, -0.2) is 22.7 Å². The summed E-state index contributed by atoms with van der Waals surface area (Å²) in [5, 5.41) is 8.16. The van der Waals surface area contributed by atoms with Gasteiger partial charge < -0.3 is 5.73 Å². The van der Waals surface area contributed by atoms with Crippen LogP contribution < -0.4 is 5.73 Å². The third kappa shape index (κ3) is 2.58. The van der Waals surface area contributed by atoms with E-state index in [0.29, 0.717) is 24.5 Å². The lowest BCUT2D eigenvalue weighted by molar-refractivity contribution is -0.0510. The van der Waals surface area contributed by atoms with Crippen LogP contribution in [-0.2, 0) is 5.41 Å². The summed E-state index contributed by atoms with van der Waals surface area (Å²) in [7, 11) is 0. The summed E-state index contributed by atoms with van der Waals surface area (Å²) in [6.45, 7) is 4.04. The van der Waals surface area contributed by atoms with E-state index in [9.17, 15) is 8.78 Å². The zero-order valence-corrected chi connectivity index (χ0v) is 11.9. The zero-order valence-electron chi connectivity index (χ0n) is 11.1. The van der Waals surface area contributed by atoms with Crippen LogP contribution >= 0.6 is 11.6 Å². The second-order valence-electron chi connectivity index (χ2n) is 5.42. The Hall–Kier alpha value is -0.810. The number of nitrogens with two attached hydrogens (primary N) is 1. The second-order valence-corrected chi connectivity index (χ2v) is 5.77. The van der Waals surface area contributed by atoms with Crippen molar-refractivity contribution in [1.29, 1.82) is 0 Å². The van der Waals surface area contributed by atoms with Gasteiger partial charge in [-0.3, -0.25) is 0 Å². The van der Waals surface area contributed by atoms with Crippen LogP contribution in [0.15, 0.2) is 0 Å². The van der Waals surface area contributed by atoms with E-state index in [1.807, 2.05) is 13.8 Å². The first-order valence-corrected chi connectivity index (χ1v) is 6.77. The van der Waals surface area contributed by atoms with Gasteiger partial charge in [0.2, 0.25) is 5.92 Å². The van der Waals surface area contributed by atoms with Gasteiger partial charge in [-0.1, -0.05) is 11.6 Å². The molecule has 0 amide bonds. The molecule has 106 valence electrons. The molecule has 2 rings (SSSR count). The maximum atomic E-state index is 13.4. The van der Waals surface area contributed by atoms with Gasteiger partial charge in [-0.25, -0.2) is 8.78 Å². The van der Waals surface area contributed by atoms with Crippen molar-refractivity contribution in [3.05, 3.63) is 22.0 Å². The Morgan fingerprint density at radius 3 is 2.26 bits per heavy atom. The minimum Gasteiger partial charge on any atom is -0.330 e. The third-order valence-corrected chi connectivity index (χ3v) is 4.54. The number of rotatable bonds is 2. The highest BCUT2D eigenvalue weighted by molar-refractivity contribution is 6.30. The summed E-state index contributed by atoms with van der Waals surface area (Å²) in [4.78, 5) is 0. The van der Waals surface area contributed by atoms with Crippen molar-refractivity contribution in [3.8, 4) is 0 Å². The minimum atomic E-state index is -2.59. The van der Waals surface area contributed by atoms with Gasteiger partial charge in [0.1, 0.15) is 0 Å². The summed E-state index contributed by atoms with van der Waals surface area (Å²) in [6.07, 6.45) is 0.368. The van der Waals surface area contributed by atoms with Crippen molar-refractivity contribution in [2.24, 2.45) is 5.73 Å². The fourth-order valence-electron chi connectivity index (χ4n) is 2.85. The van der Waals surface area contributed by atoms with E-state index in [1.165, 1.54) is 0 Å². The molecule has 19 heavy (non-hydrogen) atoms. The Kier molecular flexibility index (Phi) is 3.80. The van der Waals surface area contributed by atoms with Crippen LogP contribution in [0.3, 0.4) is 0 Å². The summed E-state index contributed by atoms with van der Waals surface area (Å²) >= 11 is 6.16. The molecule has 0 radical (unpaired) electrons. The average Bonchev–Trinajstić information content (AvgIpc) is 2.37. The molecule has 2 N–H and O–H groups in total. The predicted molar refractivity (Wildman–Crippen MR) is 70.7 cm³/mol. The fraction of sp³-hybridized carbons (Fsp3) is 0.692. The molecule has 1 aliphatic carbocycles. The molecule has 0 saturated heterocycles. The molecule has 0 unspecified atom stereocenters. The Morgan fingerprint density at radius 2 is 1.74 bits per heavy atom. The number of hydrogen-bond acceptors (Lipinski definition) is 3. The first-order valence-electron chi connectivity index (χ1n) is 6.39. The molecule has 0 aliphatic heterocycles. The van der Waals surface area contributed by atoms with E-state index in [4.69, 9.17) is 17.3 Å². The normalized spacial score (nSPS) is 21.4. The minimum absolute atomic E-state index is 0.151. The largest absolute Gasteiger partial charge is 0.330 e. The number of aryl methyl sites for hydroxylation is 1. The van der Waals surface area contributed by atoms with Crippen LogP contribution in [0.25, 0.3) is 0 Å². The molecule has 0 aromatic carbocycles. The molecule has 1 fully saturated rings. The molecule has 1 aliphatic rings. The van der Waals surface area contributed by atoms with Gasteiger partial charge in [-0.15, -0.1) is 5.10 Å². The molecule has 3 nitrogen and oxygen atoms in total. The number of aromatic nitrogens is 2. The van der Waals surface area contributed by atoms with E-state index >= 15 is 0 Å². The molecule has 0 spiro atoms. The monoisotopic (exact) mass is 289 g/mol. The highest BCUT2D eigenvalue weighted by atomic mass is 35.5. The van der Waals surface area contributed by atoms with Crippen molar-refractivity contribution in [2.75, 3.05) is 6.54 Å². The highest BCUT2D eigenvalue weighted by Crippen LogP contribution is 2.47. The van der Waals surface area contributed by atoms with Gasteiger partial charge in [0.25, 0.3) is 0 Å². The van der Waals surface area contributed by atoms with E-state index in [0.717, 1.165) is 16.8 Å². The van der Waals surface area contributed by atoms with Gasteiger partial charge in [0, 0.05) is 30.4 Å². The number of hydrogen-bond donors (Lipinski definition) is 1. The van der Waals surface area contributed by atoms with Crippen LogP contribution in [0.5, 0.6) is 0 Å². The Labute approximate surface area is 116 Å².